The van der Waals surface area contributed by atoms with E-state index in [2.05, 4.69) is 37.8 Å². The number of rotatable bonds is 6. The van der Waals surface area contributed by atoms with Crippen molar-refractivity contribution in [2.75, 3.05) is 18.4 Å². The molecular formula is C18H20N6O. The normalized spacial score (nSPS) is 18.9. The van der Waals surface area contributed by atoms with Gasteiger partial charge in [0.05, 0.1) is 0 Å². The number of hydrogen-bond donors (Lipinski definition) is 2. The second-order valence-corrected chi connectivity index (χ2v) is 6.33. The van der Waals surface area contributed by atoms with E-state index in [1.54, 1.807) is 4.52 Å². The van der Waals surface area contributed by atoms with Gasteiger partial charge in [0.2, 0.25) is 5.91 Å². The van der Waals surface area contributed by atoms with Crippen LogP contribution in [0.5, 0.6) is 0 Å². The van der Waals surface area contributed by atoms with Crippen LogP contribution in [0.3, 0.4) is 0 Å². The van der Waals surface area contributed by atoms with Gasteiger partial charge in [-0.1, -0.05) is 30.3 Å². The van der Waals surface area contributed by atoms with Crippen molar-refractivity contribution in [3.05, 3.63) is 54.0 Å². The van der Waals surface area contributed by atoms with Crippen LogP contribution in [0.15, 0.2) is 42.7 Å². The lowest BCUT2D eigenvalue weighted by Gasteiger charge is -2.09. The molecule has 4 rings (SSSR count). The first-order valence-corrected chi connectivity index (χ1v) is 8.46. The average Bonchev–Trinajstić information content (AvgIpc) is 3.29. The van der Waals surface area contributed by atoms with Crippen molar-refractivity contribution in [3.63, 3.8) is 0 Å². The van der Waals surface area contributed by atoms with Gasteiger partial charge in [0.25, 0.3) is 5.78 Å². The van der Waals surface area contributed by atoms with E-state index in [-0.39, 0.29) is 11.8 Å². The summed E-state index contributed by atoms with van der Waals surface area (Å²) in [6.45, 7) is 3.10. The largest absolute Gasteiger partial charge is 0.368 e. The Morgan fingerprint density at radius 3 is 2.96 bits per heavy atom. The van der Waals surface area contributed by atoms with Crippen LogP contribution in [0.1, 0.15) is 23.6 Å². The van der Waals surface area contributed by atoms with Gasteiger partial charge in [0.1, 0.15) is 12.1 Å². The molecule has 0 spiro atoms. The summed E-state index contributed by atoms with van der Waals surface area (Å²) < 4.78 is 1.65. The van der Waals surface area contributed by atoms with Crippen molar-refractivity contribution in [1.82, 2.24) is 24.9 Å². The van der Waals surface area contributed by atoms with E-state index in [0.717, 1.165) is 17.9 Å². The van der Waals surface area contributed by atoms with Gasteiger partial charge in [-0.05, 0) is 24.8 Å². The number of carbonyl (C=O) groups excluding carboxylic acids is 1. The maximum atomic E-state index is 12.2. The molecular weight excluding hydrogens is 316 g/mol. The summed E-state index contributed by atoms with van der Waals surface area (Å²) in [4.78, 5) is 20.6. The minimum atomic E-state index is 0.104. The fourth-order valence-electron chi connectivity index (χ4n) is 3.12. The number of anilines is 1. The van der Waals surface area contributed by atoms with E-state index in [1.807, 2.05) is 31.2 Å². The fourth-order valence-corrected chi connectivity index (χ4v) is 3.12. The Balaban J connectivity index is 1.27. The van der Waals surface area contributed by atoms with Gasteiger partial charge in [0, 0.05) is 30.8 Å². The van der Waals surface area contributed by atoms with Crippen LogP contribution in [0, 0.1) is 12.8 Å². The maximum Gasteiger partial charge on any atom is 0.254 e. The van der Waals surface area contributed by atoms with E-state index in [1.165, 1.54) is 11.9 Å². The van der Waals surface area contributed by atoms with E-state index >= 15 is 0 Å². The molecule has 2 unspecified atom stereocenters. The van der Waals surface area contributed by atoms with Gasteiger partial charge in [-0.25, -0.2) is 4.98 Å². The van der Waals surface area contributed by atoms with Crippen molar-refractivity contribution in [2.45, 2.75) is 19.3 Å². The number of fused-ring (bicyclic) bond motifs is 1. The molecule has 3 aromatic rings. The quantitative estimate of drug-likeness (QED) is 0.670. The highest BCUT2D eigenvalue weighted by molar-refractivity contribution is 5.82. The standard InChI is InChI=1S/C18H20N6O/c1-12-9-16(24-18(23-12)21-11-22-24)19-7-8-20-17(25)15-10-14(15)13-5-3-2-4-6-13/h2-6,9,11,14-15,19H,7-8,10H2,1H3,(H,20,25). The van der Waals surface area contributed by atoms with Crippen LogP contribution in [-0.2, 0) is 4.79 Å². The summed E-state index contributed by atoms with van der Waals surface area (Å²) >= 11 is 0. The molecule has 0 saturated heterocycles. The molecule has 0 radical (unpaired) electrons. The Hall–Kier alpha value is -2.96. The molecule has 2 atom stereocenters. The zero-order valence-electron chi connectivity index (χ0n) is 14.0. The zero-order chi connectivity index (χ0) is 17.2. The molecule has 0 aliphatic heterocycles. The number of hydrogen-bond acceptors (Lipinski definition) is 5. The number of nitrogens with one attached hydrogen (secondary N) is 2. The van der Waals surface area contributed by atoms with Crippen LogP contribution < -0.4 is 10.6 Å². The molecule has 1 aliphatic rings. The first-order chi connectivity index (χ1) is 12.2. The number of carbonyl (C=O) groups is 1. The molecule has 1 aliphatic carbocycles. The Labute approximate surface area is 145 Å². The van der Waals surface area contributed by atoms with Crippen LogP contribution in [0.25, 0.3) is 5.78 Å². The van der Waals surface area contributed by atoms with Crippen molar-refractivity contribution < 1.29 is 4.79 Å². The fraction of sp³-hybridized carbons (Fsp3) is 0.333. The molecule has 1 fully saturated rings. The third-order valence-corrected chi connectivity index (χ3v) is 4.47. The highest BCUT2D eigenvalue weighted by Crippen LogP contribution is 2.47. The molecule has 2 heterocycles. The number of nitrogens with zero attached hydrogens (tertiary/aromatic N) is 4. The number of amides is 1. The molecule has 2 N–H and O–H groups in total. The maximum absolute atomic E-state index is 12.2. The van der Waals surface area contributed by atoms with Gasteiger partial charge in [-0.15, -0.1) is 0 Å². The Morgan fingerprint density at radius 2 is 2.12 bits per heavy atom. The topological polar surface area (TPSA) is 84.2 Å². The lowest BCUT2D eigenvalue weighted by Crippen LogP contribution is -2.30. The number of aromatic nitrogens is 4. The first-order valence-electron chi connectivity index (χ1n) is 8.46. The Morgan fingerprint density at radius 1 is 1.28 bits per heavy atom. The minimum Gasteiger partial charge on any atom is -0.368 e. The summed E-state index contributed by atoms with van der Waals surface area (Å²) in [6, 6.07) is 12.1. The van der Waals surface area contributed by atoms with Gasteiger partial charge in [-0.3, -0.25) is 4.79 Å². The van der Waals surface area contributed by atoms with E-state index in [9.17, 15) is 4.79 Å². The summed E-state index contributed by atoms with van der Waals surface area (Å²) in [5.74, 6) is 1.99. The van der Waals surface area contributed by atoms with Crippen LogP contribution in [0.2, 0.25) is 0 Å². The molecule has 7 nitrogen and oxygen atoms in total. The number of aryl methyl sites for hydroxylation is 1. The first kappa shape index (κ1) is 15.6. The van der Waals surface area contributed by atoms with Gasteiger partial charge in [0.15, 0.2) is 0 Å². The van der Waals surface area contributed by atoms with Gasteiger partial charge >= 0.3 is 0 Å². The molecule has 0 bridgehead atoms. The van der Waals surface area contributed by atoms with E-state index in [4.69, 9.17) is 0 Å². The highest BCUT2D eigenvalue weighted by atomic mass is 16.2. The van der Waals surface area contributed by atoms with Crippen LogP contribution in [0.4, 0.5) is 5.82 Å². The second kappa shape index (κ2) is 6.51. The summed E-state index contributed by atoms with van der Waals surface area (Å²) in [6.07, 6.45) is 2.41. The Kier molecular flexibility index (Phi) is 4.05. The molecule has 1 saturated carbocycles. The Bertz CT molecular complexity index is 891. The SMILES string of the molecule is Cc1cc(NCCNC(=O)C2CC2c2ccccc2)n2ncnc2n1. The zero-order valence-corrected chi connectivity index (χ0v) is 14.0. The molecule has 128 valence electrons. The van der Waals surface area contributed by atoms with E-state index < -0.39 is 0 Å². The molecule has 1 aromatic carbocycles. The van der Waals surface area contributed by atoms with Crippen molar-refractivity contribution in [2.24, 2.45) is 5.92 Å². The van der Waals surface area contributed by atoms with Crippen LogP contribution >= 0.6 is 0 Å². The van der Waals surface area contributed by atoms with E-state index in [0.29, 0.717) is 24.8 Å². The third-order valence-electron chi connectivity index (χ3n) is 4.47. The predicted molar refractivity (Wildman–Crippen MR) is 94.3 cm³/mol. The van der Waals surface area contributed by atoms with Gasteiger partial charge in [-0.2, -0.15) is 14.6 Å². The smallest absolute Gasteiger partial charge is 0.254 e. The number of benzene rings is 1. The molecule has 1 amide bonds. The molecule has 2 aromatic heterocycles. The lowest BCUT2D eigenvalue weighted by atomic mass is 10.1. The minimum absolute atomic E-state index is 0.104. The second-order valence-electron chi connectivity index (χ2n) is 6.33. The summed E-state index contributed by atoms with van der Waals surface area (Å²) in [5.41, 5.74) is 2.12. The van der Waals surface area contributed by atoms with Crippen LogP contribution in [-0.4, -0.2) is 38.6 Å². The van der Waals surface area contributed by atoms with Crippen molar-refractivity contribution in [3.8, 4) is 0 Å². The molecule has 25 heavy (non-hydrogen) atoms. The molecule has 7 heteroatoms. The van der Waals surface area contributed by atoms with Crippen molar-refractivity contribution >= 4 is 17.5 Å². The van der Waals surface area contributed by atoms with Gasteiger partial charge < -0.3 is 10.6 Å². The highest BCUT2D eigenvalue weighted by Gasteiger charge is 2.43. The monoisotopic (exact) mass is 336 g/mol. The third kappa shape index (κ3) is 3.31. The lowest BCUT2D eigenvalue weighted by molar-refractivity contribution is -0.122. The summed E-state index contributed by atoms with van der Waals surface area (Å²) in [5, 5.41) is 10.4. The summed E-state index contributed by atoms with van der Waals surface area (Å²) in [7, 11) is 0. The predicted octanol–water partition coefficient (Wildman–Crippen LogP) is 1.76. The van der Waals surface area contributed by atoms with Crippen molar-refractivity contribution in [1.29, 1.82) is 0 Å². The average molecular weight is 336 g/mol.